The fourth-order valence-corrected chi connectivity index (χ4v) is 2.33. The van der Waals surface area contributed by atoms with Gasteiger partial charge in [-0.3, -0.25) is 4.79 Å². The molecule has 0 aliphatic carbocycles. The zero-order chi connectivity index (χ0) is 15.1. The van der Waals surface area contributed by atoms with Gasteiger partial charge in [-0.25, -0.2) is 0 Å². The van der Waals surface area contributed by atoms with Crippen molar-refractivity contribution in [3.8, 4) is 0 Å². The molecule has 0 radical (unpaired) electrons. The Morgan fingerprint density at radius 2 is 1.86 bits per heavy atom. The van der Waals surface area contributed by atoms with Crippen LogP contribution in [0.5, 0.6) is 0 Å². The van der Waals surface area contributed by atoms with E-state index in [1.807, 2.05) is 43.4 Å². The van der Waals surface area contributed by atoms with Crippen molar-refractivity contribution in [2.24, 2.45) is 0 Å². The Morgan fingerprint density at radius 1 is 1.09 bits per heavy atom. The van der Waals surface area contributed by atoms with E-state index in [0.29, 0.717) is 6.42 Å². The molecule has 0 atom stereocenters. The van der Waals surface area contributed by atoms with Gasteiger partial charge >= 0.3 is 0 Å². The number of carbonyl (C=O) groups excluding carboxylic acids is 1. The third-order valence-corrected chi connectivity index (χ3v) is 3.47. The Hall–Kier alpha value is -1.84. The van der Waals surface area contributed by atoms with Crippen molar-refractivity contribution in [1.82, 2.24) is 5.32 Å². The van der Waals surface area contributed by atoms with Crippen LogP contribution in [0.4, 0.5) is 5.69 Å². The van der Waals surface area contributed by atoms with Gasteiger partial charge in [-0.1, -0.05) is 36.4 Å². The Balaban J connectivity index is 0.00000242. The predicted octanol–water partition coefficient (Wildman–Crippen LogP) is 3.71. The summed E-state index contributed by atoms with van der Waals surface area (Å²) in [5.41, 5.74) is 4.49. The lowest BCUT2D eigenvalue weighted by molar-refractivity contribution is -0.116. The minimum absolute atomic E-state index is 0. The highest BCUT2D eigenvalue weighted by Crippen LogP contribution is 2.13. The molecule has 2 aromatic rings. The van der Waals surface area contributed by atoms with Gasteiger partial charge in [0.15, 0.2) is 0 Å². The number of hydrogen-bond donors (Lipinski definition) is 2. The van der Waals surface area contributed by atoms with Gasteiger partial charge in [0, 0.05) is 18.7 Å². The molecule has 2 N–H and O–H groups in total. The molecule has 22 heavy (non-hydrogen) atoms. The lowest BCUT2D eigenvalue weighted by Gasteiger charge is -2.08. The number of nitrogens with one attached hydrogen (secondary N) is 2. The van der Waals surface area contributed by atoms with Crippen LogP contribution in [-0.2, 0) is 17.8 Å². The maximum Gasteiger partial charge on any atom is 0.224 e. The molecule has 0 unspecified atom stereocenters. The van der Waals surface area contributed by atoms with Crippen LogP contribution in [0.2, 0.25) is 0 Å². The van der Waals surface area contributed by atoms with Crippen molar-refractivity contribution in [2.45, 2.75) is 26.3 Å². The Morgan fingerprint density at radius 3 is 2.59 bits per heavy atom. The van der Waals surface area contributed by atoms with Crippen molar-refractivity contribution < 1.29 is 4.79 Å². The molecule has 0 saturated heterocycles. The highest BCUT2D eigenvalue weighted by atomic mass is 35.5. The summed E-state index contributed by atoms with van der Waals surface area (Å²) in [7, 11) is 1.91. The van der Waals surface area contributed by atoms with Crippen LogP contribution in [0.25, 0.3) is 0 Å². The zero-order valence-corrected chi connectivity index (χ0v) is 13.9. The second-order valence-corrected chi connectivity index (χ2v) is 5.21. The number of carbonyl (C=O) groups is 1. The first-order chi connectivity index (χ1) is 10.2. The molecular weight excluding hydrogens is 296 g/mol. The largest absolute Gasteiger partial charge is 0.326 e. The number of rotatable bonds is 6. The molecule has 0 spiro atoms. The van der Waals surface area contributed by atoms with Gasteiger partial charge in [0.25, 0.3) is 0 Å². The Bertz CT molecular complexity index is 614. The quantitative estimate of drug-likeness (QED) is 0.852. The Labute approximate surface area is 138 Å². The first-order valence-electron chi connectivity index (χ1n) is 7.27. The van der Waals surface area contributed by atoms with E-state index in [9.17, 15) is 4.79 Å². The van der Waals surface area contributed by atoms with Gasteiger partial charge in [0.05, 0.1) is 0 Å². The number of aryl methyl sites for hydroxylation is 2. The number of halogens is 1. The molecule has 118 valence electrons. The van der Waals surface area contributed by atoms with Crippen LogP contribution >= 0.6 is 12.4 Å². The SMILES string of the molecule is CNCc1cccc(NC(=O)CCc2ccccc2C)c1.Cl. The topological polar surface area (TPSA) is 41.1 Å². The van der Waals surface area contributed by atoms with Gasteiger partial charge in [-0.05, 0) is 49.2 Å². The van der Waals surface area contributed by atoms with Gasteiger partial charge in [-0.15, -0.1) is 12.4 Å². The van der Waals surface area contributed by atoms with E-state index in [4.69, 9.17) is 0 Å². The van der Waals surface area contributed by atoms with Crippen LogP contribution in [-0.4, -0.2) is 13.0 Å². The molecular formula is C18H23ClN2O. The third kappa shape index (κ3) is 5.51. The minimum atomic E-state index is 0. The number of benzene rings is 2. The second kappa shape index (κ2) is 9.23. The maximum absolute atomic E-state index is 12.0. The van der Waals surface area contributed by atoms with E-state index in [1.165, 1.54) is 11.1 Å². The molecule has 4 heteroatoms. The van der Waals surface area contributed by atoms with Crippen molar-refractivity contribution in [1.29, 1.82) is 0 Å². The molecule has 0 heterocycles. The smallest absolute Gasteiger partial charge is 0.224 e. The van der Waals surface area contributed by atoms with E-state index in [-0.39, 0.29) is 18.3 Å². The average molecular weight is 319 g/mol. The third-order valence-electron chi connectivity index (χ3n) is 3.47. The summed E-state index contributed by atoms with van der Waals surface area (Å²) in [6.07, 6.45) is 1.27. The molecule has 2 rings (SSSR count). The van der Waals surface area contributed by atoms with E-state index in [0.717, 1.165) is 24.2 Å². The fourth-order valence-electron chi connectivity index (χ4n) is 2.33. The van der Waals surface area contributed by atoms with Gasteiger partial charge in [0.1, 0.15) is 0 Å². The monoisotopic (exact) mass is 318 g/mol. The Kier molecular flexibility index (Phi) is 7.64. The van der Waals surface area contributed by atoms with Crippen molar-refractivity contribution in [2.75, 3.05) is 12.4 Å². The summed E-state index contributed by atoms with van der Waals surface area (Å²) < 4.78 is 0. The normalized spacial score (nSPS) is 9.91. The van der Waals surface area contributed by atoms with Gasteiger partial charge in [-0.2, -0.15) is 0 Å². The number of hydrogen-bond acceptors (Lipinski definition) is 2. The molecule has 2 aromatic carbocycles. The van der Waals surface area contributed by atoms with Crippen LogP contribution in [0.1, 0.15) is 23.1 Å². The van der Waals surface area contributed by atoms with E-state index >= 15 is 0 Å². The summed E-state index contributed by atoms with van der Waals surface area (Å²) in [4.78, 5) is 12.0. The van der Waals surface area contributed by atoms with Crippen LogP contribution in [0, 0.1) is 6.92 Å². The van der Waals surface area contributed by atoms with Crippen molar-refractivity contribution in [3.05, 3.63) is 65.2 Å². The first-order valence-corrected chi connectivity index (χ1v) is 7.27. The molecule has 0 aliphatic heterocycles. The molecule has 0 aliphatic rings. The lowest BCUT2D eigenvalue weighted by Crippen LogP contribution is -2.13. The first kappa shape index (κ1) is 18.2. The maximum atomic E-state index is 12.0. The molecule has 0 bridgehead atoms. The highest BCUT2D eigenvalue weighted by molar-refractivity contribution is 5.90. The predicted molar refractivity (Wildman–Crippen MR) is 94.6 cm³/mol. The van der Waals surface area contributed by atoms with Gasteiger partial charge < -0.3 is 10.6 Å². The van der Waals surface area contributed by atoms with Gasteiger partial charge in [0.2, 0.25) is 5.91 Å². The molecule has 0 fully saturated rings. The number of amides is 1. The van der Waals surface area contributed by atoms with Crippen molar-refractivity contribution >= 4 is 24.0 Å². The highest BCUT2D eigenvalue weighted by Gasteiger charge is 2.05. The fraction of sp³-hybridized carbons (Fsp3) is 0.278. The minimum Gasteiger partial charge on any atom is -0.326 e. The average Bonchev–Trinajstić information content (AvgIpc) is 2.47. The summed E-state index contributed by atoms with van der Waals surface area (Å²) in [5.74, 6) is 0.0554. The standard InChI is InChI=1S/C18H22N2O.ClH/c1-14-6-3-4-8-16(14)10-11-18(21)20-17-9-5-7-15(12-17)13-19-2;/h3-9,12,19H,10-11,13H2,1-2H3,(H,20,21);1H. The zero-order valence-electron chi connectivity index (χ0n) is 13.1. The second-order valence-electron chi connectivity index (χ2n) is 5.21. The summed E-state index contributed by atoms with van der Waals surface area (Å²) in [6.45, 7) is 2.88. The van der Waals surface area contributed by atoms with Crippen molar-refractivity contribution in [3.63, 3.8) is 0 Å². The van der Waals surface area contributed by atoms with E-state index in [2.05, 4.69) is 29.7 Å². The lowest BCUT2D eigenvalue weighted by atomic mass is 10.0. The summed E-state index contributed by atoms with van der Waals surface area (Å²) in [5, 5.41) is 6.07. The molecule has 0 saturated carbocycles. The van der Waals surface area contributed by atoms with Crippen LogP contribution < -0.4 is 10.6 Å². The number of anilines is 1. The van der Waals surface area contributed by atoms with Crippen LogP contribution in [0.15, 0.2) is 48.5 Å². The molecule has 1 amide bonds. The summed E-state index contributed by atoms with van der Waals surface area (Å²) in [6, 6.07) is 16.1. The summed E-state index contributed by atoms with van der Waals surface area (Å²) >= 11 is 0. The van der Waals surface area contributed by atoms with E-state index in [1.54, 1.807) is 0 Å². The molecule has 0 aromatic heterocycles. The van der Waals surface area contributed by atoms with E-state index < -0.39 is 0 Å². The molecule has 3 nitrogen and oxygen atoms in total. The van der Waals surface area contributed by atoms with Crippen LogP contribution in [0.3, 0.4) is 0 Å².